The molecule has 25 heavy (non-hydrogen) atoms. The Labute approximate surface area is 136 Å². The summed E-state index contributed by atoms with van der Waals surface area (Å²) in [6.07, 6.45) is -7.17. The van der Waals surface area contributed by atoms with E-state index in [1.165, 1.54) is 0 Å². The first-order valence-corrected chi connectivity index (χ1v) is 6.69. The number of ether oxygens (including phenoxy) is 1. The minimum absolute atomic E-state index is 0.0300. The predicted molar refractivity (Wildman–Crippen MR) is 73.4 cm³/mol. The second-order valence-corrected chi connectivity index (χ2v) is 5.11. The maximum absolute atomic E-state index is 12.8. The molecule has 1 aromatic rings. The molecule has 136 valence electrons. The van der Waals surface area contributed by atoms with Crippen LogP contribution in [-0.4, -0.2) is 45.1 Å². The second-order valence-electron chi connectivity index (χ2n) is 5.11. The van der Waals surface area contributed by atoms with Crippen LogP contribution in [0.15, 0.2) is 12.1 Å². The Bertz CT molecular complexity index is 702. The van der Waals surface area contributed by atoms with Crippen molar-refractivity contribution in [3.63, 3.8) is 0 Å². The first-order valence-electron chi connectivity index (χ1n) is 6.69. The number of hydrogen-bond acceptors (Lipinski definition) is 6. The molecular weight excluding hydrogens is 355 g/mol. The molecule has 1 unspecified atom stereocenters. The molecule has 0 aliphatic carbocycles. The monoisotopic (exact) mass is 365 g/mol. The number of amides is 1. The molecule has 1 aliphatic rings. The van der Waals surface area contributed by atoms with Gasteiger partial charge in [-0.15, -0.1) is 0 Å². The highest BCUT2D eigenvalue weighted by Gasteiger charge is 2.40. The lowest BCUT2D eigenvalue weighted by Crippen LogP contribution is -2.29. The Morgan fingerprint density at radius 1 is 1.24 bits per heavy atom. The number of carbonyl (C=O) groups is 1. The number of nitro benzene ring substituents is 2. The van der Waals surface area contributed by atoms with Crippen molar-refractivity contribution in [2.75, 3.05) is 13.1 Å². The Balaban J connectivity index is 2.47. The van der Waals surface area contributed by atoms with Crippen molar-refractivity contribution in [3.8, 4) is 5.75 Å². The average Bonchev–Trinajstić information content (AvgIpc) is 2.94. The third-order valence-corrected chi connectivity index (χ3v) is 3.47. The van der Waals surface area contributed by atoms with Crippen molar-refractivity contribution in [3.05, 3.63) is 37.9 Å². The zero-order chi connectivity index (χ0) is 18.9. The number of nitrogens with zero attached hydrogens (tertiary/aromatic N) is 3. The third-order valence-electron chi connectivity index (χ3n) is 3.47. The van der Waals surface area contributed by atoms with Gasteiger partial charge in [-0.3, -0.25) is 20.2 Å². The van der Waals surface area contributed by atoms with Gasteiger partial charge < -0.3 is 14.7 Å². The van der Waals surface area contributed by atoms with Crippen LogP contribution in [0, 0.1) is 20.2 Å². The summed E-state index contributed by atoms with van der Waals surface area (Å²) < 4.78 is 43.5. The molecule has 1 aliphatic heterocycles. The number of halogens is 3. The van der Waals surface area contributed by atoms with E-state index in [9.17, 15) is 38.2 Å². The van der Waals surface area contributed by atoms with Gasteiger partial charge in [0, 0.05) is 25.1 Å². The fraction of sp³-hybridized carbons (Fsp3) is 0.417. The summed E-state index contributed by atoms with van der Waals surface area (Å²) in [5, 5.41) is 30.9. The van der Waals surface area contributed by atoms with Gasteiger partial charge in [0.25, 0.3) is 5.75 Å². The summed E-state index contributed by atoms with van der Waals surface area (Å²) in [6.45, 7) is -0.188. The van der Waals surface area contributed by atoms with Gasteiger partial charge in [0.2, 0.25) is 0 Å². The van der Waals surface area contributed by atoms with E-state index >= 15 is 0 Å². The molecule has 13 heteroatoms. The van der Waals surface area contributed by atoms with Gasteiger partial charge in [0.15, 0.2) is 0 Å². The number of likely N-dealkylation sites (tertiary alicyclic amines) is 1. The maximum atomic E-state index is 12.8. The molecule has 1 atom stereocenters. The number of rotatable bonds is 4. The van der Waals surface area contributed by atoms with Gasteiger partial charge in [-0.2, -0.15) is 13.2 Å². The van der Waals surface area contributed by atoms with E-state index in [0.717, 1.165) is 4.90 Å². The van der Waals surface area contributed by atoms with E-state index in [0.29, 0.717) is 0 Å². The lowest BCUT2D eigenvalue weighted by molar-refractivity contribution is -0.396. The average molecular weight is 365 g/mol. The largest absolute Gasteiger partial charge is 0.477 e. The van der Waals surface area contributed by atoms with E-state index in [4.69, 9.17) is 9.84 Å². The number of nitro groups is 2. The number of alkyl halides is 3. The van der Waals surface area contributed by atoms with E-state index in [1.807, 2.05) is 0 Å². The van der Waals surface area contributed by atoms with Crippen LogP contribution in [0.1, 0.15) is 12.0 Å². The minimum Gasteiger partial charge on any atom is -0.477 e. The zero-order valence-corrected chi connectivity index (χ0v) is 12.2. The lowest BCUT2D eigenvalue weighted by atomic mass is 10.1. The van der Waals surface area contributed by atoms with Gasteiger partial charge in [0.1, 0.15) is 6.10 Å². The van der Waals surface area contributed by atoms with Crippen LogP contribution in [-0.2, 0) is 6.18 Å². The summed E-state index contributed by atoms with van der Waals surface area (Å²) >= 11 is 0. The Morgan fingerprint density at radius 3 is 2.12 bits per heavy atom. The molecule has 1 saturated heterocycles. The van der Waals surface area contributed by atoms with Crippen molar-refractivity contribution < 1.29 is 37.7 Å². The van der Waals surface area contributed by atoms with E-state index in [-0.39, 0.29) is 31.6 Å². The zero-order valence-electron chi connectivity index (χ0n) is 12.2. The van der Waals surface area contributed by atoms with Crippen molar-refractivity contribution in [1.82, 2.24) is 4.90 Å². The first kappa shape index (κ1) is 18.2. The molecule has 0 aromatic heterocycles. The van der Waals surface area contributed by atoms with Crippen molar-refractivity contribution in [2.45, 2.75) is 18.7 Å². The highest BCUT2D eigenvalue weighted by atomic mass is 19.4. The fourth-order valence-corrected chi connectivity index (χ4v) is 2.32. The molecule has 0 bridgehead atoms. The molecule has 0 radical (unpaired) electrons. The van der Waals surface area contributed by atoms with Gasteiger partial charge in [-0.25, -0.2) is 4.79 Å². The van der Waals surface area contributed by atoms with Crippen LogP contribution in [0.3, 0.4) is 0 Å². The summed E-state index contributed by atoms with van der Waals surface area (Å²) in [5.41, 5.74) is -3.98. The Kier molecular flexibility index (Phi) is 4.67. The molecule has 0 spiro atoms. The smallest absolute Gasteiger partial charge is 0.416 e. The number of benzene rings is 1. The Morgan fingerprint density at radius 2 is 1.76 bits per heavy atom. The van der Waals surface area contributed by atoms with Gasteiger partial charge in [-0.05, 0) is 0 Å². The van der Waals surface area contributed by atoms with E-state index in [2.05, 4.69) is 0 Å². The highest BCUT2D eigenvalue weighted by molar-refractivity contribution is 5.65. The third kappa shape index (κ3) is 3.87. The molecule has 10 nitrogen and oxygen atoms in total. The summed E-state index contributed by atoms with van der Waals surface area (Å²) in [5.74, 6) is -0.930. The maximum Gasteiger partial charge on any atom is 0.416 e. The Hall–Kier alpha value is -3.12. The fourth-order valence-electron chi connectivity index (χ4n) is 2.32. The number of carboxylic acid groups (broad SMARTS) is 1. The topological polar surface area (TPSA) is 136 Å². The van der Waals surface area contributed by atoms with Crippen LogP contribution in [0.4, 0.5) is 29.3 Å². The minimum atomic E-state index is -5.03. The van der Waals surface area contributed by atoms with Crippen molar-refractivity contribution in [2.24, 2.45) is 0 Å². The van der Waals surface area contributed by atoms with E-state index in [1.54, 1.807) is 0 Å². The second kappa shape index (κ2) is 6.41. The van der Waals surface area contributed by atoms with Crippen LogP contribution >= 0.6 is 0 Å². The lowest BCUT2D eigenvalue weighted by Gasteiger charge is -2.15. The van der Waals surface area contributed by atoms with Crippen LogP contribution in [0.2, 0.25) is 0 Å². The van der Waals surface area contributed by atoms with Gasteiger partial charge in [0.05, 0.1) is 22.0 Å². The molecule has 1 N–H and O–H groups in total. The summed E-state index contributed by atoms with van der Waals surface area (Å²) in [6, 6.07) is 0.290. The van der Waals surface area contributed by atoms with Gasteiger partial charge >= 0.3 is 23.6 Å². The number of hydrogen-bond donors (Lipinski definition) is 1. The van der Waals surface area contributed by atoms with E-state index < -0.39 is 50.9 Å². The van der Waals surface area contributed by atoms with Gasteiger partial charge in [-0.1, -0.05) is 0 Å². The molecule has 1 heterocycles. The molecule has 1 amide bonds. The SMILES string of the molecule is O=C(O)N1CCC(Oc2c([N+](=O)[O-])cc(C(F)(F)F)cc2[N+](=O)[O-])C1. The summed E-state index contributed by atoms with van der Waals surface area (Å²) in [7, 11) is 0. The van der Waals surface area contributed by atoms with Crippen LogP contribution in [0.5, 0.6) is 5.75 Å². The van der Waals surface area contributed by atoms with Crippen LogP contribution in [0.25, 0.3) is 0 Å². The highest BCUT2D eigenvalue weighted by Crippen LogP contribution is 2.43. The molecule has 2 rings (SSSR count). The molecule has 1 aromatic carbocycles. The first-order chi connectivity index (χ1) is 11.5. The summed E-state index contributed by atoms with van der Waals surface area (Å²) in [4.78, 5) is 31.4. The standard InChI is InChI=1S/C12H10F3N3O7/c13-12(14,15)6-3-8(17(21)22)10(9(4-6)18(23)24)25-7-1-2-16(5-7)11(19)20/h3-4,7H,1-2,5H2,(H,19,20). The quantitative estimate of drug-likeness (QED) is 0.640. The van der Waals surface area contributed by atoms with Crippen molar-refractivity contribution >= 4 is 17.5 Å². The molecular formula is C12H10F3N3O7. The van der Waals surface area contributed by atoms with Crippen molar-refractivity contribution in [1.29, 1.82) is 0 Å². The normalized spacial score (nSPS) is 17.4. The van der Waals surface area contributed by atoms with Crippen LogP contribution < -0.4 is 4.74 Å². The molecule has 0 saturated carbocycles. The molecule has 1 fully saturated rings. The predicted octanol–water partition coefficient (Wildman–Crippen LogP) is 2.65.